The molecule has 0 aromatic heterocycles. The molecule has 6 heteroatoms. The van der Waals surface area contributed by atoms with E-state index in [1.54, 1.807) is 0 Å². The molecule has 4 aromatic rings. The molecular weight excluding hydrogens is 484 g/mol. The molecule has 0 spiro atoms. The minimum atomic E-state index is 0.181. The van der Waals surface area contributed by atoms with Gasteiger partial charge in [0, 0.05) is 61.7 Å². The standard InChI is InChI=1S/C30H32N2O2S2/c33-29(27-11-9-23-5-1-3-7-25(23)21-27)13-15-31-17-19-35-36-20-18-32-16-14-30(34)28-12-10-24-6-2-4-8-26(24)22-28/h1-12,21-22,31-32H,13-20H2. The van der Waals surface area contributed by atoms with Crippen molar-refractivity contribution >= 4 is 54.7 Å². The molecule has 0 unspecified atom stereocenters. The zero-order chi connectivity index (χ0) is 25.0. The van der Waals surface area contributed by atoms with E-state index in [1.807, 2.05) is 94.4 Å². The lowest BCUT2D eigenvalue weighted by molar-refractivity contribution is 0.0975. The van der Waals surface area contributed by atoms with E-state index in [0.29, 0.717) is 25.9 Å². The Morgan fingerprint density at radius 1 is 0.528 bits per heavy atom. The third kappa shape index (κ3) is 7.93. The first-order chi connectivity index (χ1) is 17.7. The van der Waals surface area contributed by atoms with Crippen molar-refractivity contribution < 1.29 is 9.59 Å². The summed E-state index contributed by atoms with van der Waals surface area (Å²) in [5.41, 5.74) is 1.57. The molecule has 0 aliphatic carbocycles. The number of nitrogens with one attached hydrogen (secondary N) is 2. The first-order valence-corrected chi connectivity index (χ1v) is 14.9. The predicted octanol–water partition coefficient (Wildman–Crippen LogP) is 6.40. The van der Waals surface area contributed by atoms with Crippen LogP contribution < -0.4 is 10.6 Å². The average molecular weight is 517 g/mol. The van der Waals surface area contributed by atoms with E-state index in [4.69, 9.17) is 0 Å². The van der Waals surface area contributed by atoms with Crippen LogP contribution in [0.2, 0.25) is 0 Å². The van der Waals surface area contributed by atoms with Crippen molar-refractivity contribution in [1.82, 2.24) is 10.6 Å². The zero-order valence-electron chi connectivity index (χ0n) is 20.4. The third-order valence-corrected chi connectivity index (χ3v) is 8.42. The highest BCUT2D eigenvalue weighted by Gasteiger charge is 2.07. The Balaban J connectivity index is 0.995. The van der Waals surface area contributed by atoms with Gasteiger partial charge in [-0.05, 0) is 33.7 Å². The molecule has 36 heavy (non-hydrogen) atoms. The zero-order valence-corrected chi connectivity index (χ0v) is 22.0. The van der Waals surface area contributed by atoms with E-state index in [2.05, 4.69) is 22.8 Å². The highest BCUT2D eigenvalue weighted by molar-refractivity contribution is 8.76. The number of fused-ring (bicyclic) bond motifs is 2. The van der Waals surface area contributed by atoms with Gasteiger partial charge < -0.3 is 10.6 Å². The first-order valence-electron chi connectivity index (χ1n) is 12.4. The lowest BCUT2D eigenvalue weighted by Gasteiger charge is -2.07. The molecule has 0 atom stereocenters. The summed E-state index contributed by atoms with van der Waals surface area (Å²) in [6.45, 7) is 3.17. The topological polar surface area (TPSA) is 58.2 Å². The molecule has 0 amide bonds. The fraction of sp³-hybridized carbons (Fsp3) is 0.267. The van der Waals surface area contributed by atoms with Gasteiger partial charge >= 0.3 is 0 Å². The number of carbonyl (C=O) groups is 2. The summed E-state index contributed by atoms with van der Waals surface area (Å²) in [5, 5.41) is 11.3. The minimum Gasteiger partial charge on any atom is -0.315 e. The lowest BCUT2D eigenvalue weighted by atomic mass is 10.0. The molecule has 0 saturated carbocycles. The van der Waals surface area contributed by atoms with Crippen LogP contribution in [0.25, 0.3) is 21.5 Å². The molecule has 186 valence electrons. The van der Waals surface area contributed by atoms with E-state index in [0.717, 1.165) is 57.3 Å². The van der Waals surface area contributed by atoms with Gasteiger partial charge in [-0.1, -0.05) is 94.4 Å². The number of carbonyl (C=O) groups excluding carboxylic acids is 2. The van der Waals surface area contributed by atoms with E-state index >= 15 is 0 Å². The van der Waals surface area contributed by atoms with Crippen molar-refractivity contribution in [2.24, 2.45) is 0 Å². The number of ketones is 2. The lowest BCUT2D eigenvalue weighted by Crippen LogP contribution is -2.21. The number of Topliss-reactive ketones (excluding diaryl/α,β-unsaturated/α-hetero) is 2. The SMILES string of the molecule is O=C(CCNCCSSCCNCCC(=O)c1ccc2ccccc2c1)c1ccc2ccccc2c1. The number of hydrogen-bond donors (Lipinski definition) is 2. The van der Waals surface area contributed by atoms with Gasteiger partial charge in [0.2, 0.25) is 0 Å². The van der Waals surface area contributed by atoms with Gasteiger partial charge in [0.25, 0.3) is 0 Å². The van der Waals surface area contributed by atoms with Gasteiger partial charge in [-0.15, -0.1) is 0 Å². The summed E-state index contributed by atoms with van der Waals surface area (Å²) < 4.78 is 0. The van der Waals surface area contributed by atoms with Crippen LogP contribution in [0.4, 0.5) is 0 Å². The molecule has 0 radical (unpaired) electrons. The largest absolute Gasteiger partial charge is 0.315 e. The fourth-order valence-electron chi connectivity index (χ4n) is 4.01. The molecule has 0 aliphatic heterocycles. The smallest absolute Gasteiger partial charge is 0.164 e. The van der Waals surface area contributed by atoms with Crippen molar-refractivity contribution in [3.8, 4) is 0 Å². The van der Waals surface area contributed by atoms with Gasteiger partial charge in [0.15, 0.2) is 11.6 Å². The van der Waals surface area contributed by atoms with Crippen LogP contribution in [0.1, 0.15) is 33.6 Å². The Kier molecular flexibility index (Phi) is 10.4. The van der Waals surface area contributed by atoms with Crippen LogP contribution in [-0.4, -0.2) is 49.3 Å². The molecule has 0 saturated heterocycles. The highest BCUT2D eigenvalue weighted by Crippen LogP contribution is 2.20. The number of rotatable bonds is 15. The summed E-state index contributed by atoms with van der Waals surface area (Å²) in [4.78, 5) is 24.9. The Morgan fingerprint density at radius 2 is 0.944 bits per heavy atom. The molecule has 4 nitrogen and oxygen atoms in total. The molecule has 0 fully saturated rings. The van der Waals surface area contributed by atoms with Crippen molar-refractivity contribution in [2.45, 2.75) is 12.8 Å². The Morgan fingerprint density at radius 3 is 1.39 bits per heavy atom. The Hall–Kier alpha value is -2.64. The molecule has 0 heterocycles. The summed E-state index contributed by atoms with van der Waals surface area (Å²) in [5.74, 6) is 2.35. The van der Waals surface area contributed by atoms with Crippen molar-refractivity contribution in [1.29, 1.82) is 0 Å². The van der Waals surface area contributed by atoms with Gasteiger partial charge in [-0.3, -0.25) is 9.59 Å². The molecule has 4 aromatic carbocycles. The van der Waals surface area contributed by atoms with E-state index in [9.17, 15) is 9.59 Å². The van der Waals surface area contributed by atoms with Crippen LogP contribution in [-0.2, 0) is 0 Å². The van der Waals surface area contributed by atoms with Crippen LogP contribution >= 0.6 is 21.6 Å². The van der Waals surface area contributed by atoms with E-state index in [-0.39, 0.29) is 11.6 Å². The quantitative estimate of drug-likeness (QED) is 0.108. The summed E-state index contributed by atoms with van der Waals surface area (Å²) in [6, 6.07) is 28.1. The highest BCUT2D eigenvalue weighted by atomic mass is 33.1. The maximum atomic E-state index is 12.4. The summed E-state index contributed by atoms with van der Waals surface area (Å²) in [7, 11) is 3.67. The van der Waals surface area contributed by atoms with E-state index in [1.165, 1.54) is 0 Å². The maximum Gasteiger partial charge on any atom is 0.164 e. The normalized spacial score (nSPS) is 11.2. The van der Waals surface area contributed by atoms with Crippen LogP contribution in [0.5, 0.6) is 0 Å². The first kappa shape index (κ1) is 26.4. The molecular formula is C30H32N2O2S2. The van der Waals surface area contributed by atoms with Crippen LogP contribution in [0, 0.1) is 0 Å². The van der Waals surface area contributed by atoms with Gasteiger partial charge in [0.1, 0.15) is 0 Å². The third-order valence-electron chi connectivity index (χ3n) is 6.01. The number of hydrogen-bond acceptors (Lipinski definition) is 6. The van der Waals surface area contributed by atoms with Gasteiger partial charge in [0.05, 0.1) is 0 Å². The van der Waals surface area contributed by atoms with E-state index < -0.39 is 0 Å². The second-order valence-electron chi connectivity index (χ2n) is 8.61. The summed E-state index contributed by atoms with van der Waals surface area (Å²) >= 11 is 0. The van der Waals surface area contributed by atoms with Gasteiger partial charge in [-0.25, -0.2) is 0 Å². The van der Waals surface area contributed by atoms with Crippen molar-refractivity contribution in [3.05, 3.63) is 96.1 Å². The molecule has 4 rings (SSSR count). The van der Waals surface area contributed by atoms with Crippen LogP contribution in [0.15, 0.2) is 84.9 Å². The Labute approximate surface area is 221 Å². The fourth-order valence-corrected chi connectivity index (χ4v) is 5.91. The number of benzene rings is 4. The second-order valence-corrected chi connectivity index (χ2v) is 11.3. The summed E-state index contributed by atoms with van der Waals surface area (Å²) in [6.07, 6.45) is 1.02. The van der Waals surface area contributed by atoms with Crippen molar-refractivity contribution in [2.75, 3.05) is 37.7 Å². The predicted molar refractivity (Wildman–Crippen MR) is 156 cm³/mol. The van der Waals surface area contributed by atoms with Crippen molar-refractivity contribution in [3.63, 3.8) is 0 Å². The van der Waals surface area contributed by atoms with Gasteiger partial charge in [-0.2, -0.15) is 0 Å². The second kappa shape index (κ2) is 14.2. The molecule has 0 aliphatic rings. The average Bonchev–Trinajstić information content (AvgIpc) is 2.92. The minimum absolute atomic E-state index is 0.181. The molecule has 2 N–H and O–H groups in total. The monoisotopic (exact) mass is 516 g/mol. The maximum absolute atomic E-state index is 12.4. The Bertz CT molecular complexity index is 1210. The van der Waals surface area contributed by atoms with Crippen LogP contribution in [0.3, 0.4) is 0 Å². The molecule has 0 bridgehead atoms.